The molecular formula is C24H21FN2O2S. The monoisotopic (exact) mass is 420 g/mol. The topological polar surface area (TPSA) is 49.4 Å². The SMILES string of the molecule is CCc1ccc(N2C(=O)CSC2c2ccc(NC(=O)c3cccc(F)c3)cc2)cc1. The van der Waals surface area contributed by atoms with Crippen LogP contribution in [-0.4, -0.2) is 17.6 Å². The average molecular weight is 421 g/mol. The molecule has 0 radical (unpaired) electrons. The number of thioether (sulfide) groups is 1. The van der Waals surface area contributed by atoms with Crippen LogP contribution in [0, 0.1) is 5.82 Å². The number of anilines is 2. The van der Waals surface area contributed by atoms with Gasteiger partial charge in [0.2, 0.25) is 5.91 Å². The van der Waals surface area contributed by atoms with Crippen LogP contribution in [0.2, 0.25) is 0 Å². The normalized spacial score (nSPS) is 16.0. The van der Waals surface area contributed by atoms with E-state index in [1.54, 1.807) is 30.0 Å². The lowest BCUT2D eigenvalue weighted by atomic mass is 10.1. The molecule has 0 saturated carbocycles. The number of carbonyl (C=O) groups is 2. The smallest absolute Gasteiger partial charge is 0.255 e. The molecule has 0 bridgehead atoms. The summed E-state index contributed by atoms with van der Waals surface area (Å²) in [5, 5.41) is 2.66. The summed E-state index contributed by atoms with van der Waals surface area (Å²) >= 11 is 1.58. The molecule has 1 aliphatic heterocycles. The highest BCUT2D eigenvalue weighted by Gasteiger charge is 2.33. The Bertz CT molecular complexity index is 1070. The number of halogens is 1. The summed E-state index contributed by atoms with van der Waals surface area (Å²) in [6.07, 6.45) is 0.954. The molecule has 1 N–H and O–H groups in total. The van der Waals surface area contributed by atoms with Crippen LogP contribution in [0.3, 0.4) is 0 Å². The third kappa shape index (κ3) is 4.24. The van der Waals surface area contributed by atoms with E-state index < -0.39 is 5.82 Å². The zero-order valence-electron chi connectivity index (χ0n) is 16.5. The summed E-state index contributed by atoms with van der Waals surface area (Å²) in [4.78, 5) is 26.7. The minimum Gasteiger partial charge on any atom is -0.322 e. The first-order valence-electron chi connectivity index (χ1n) is 9.74. The maximum Gasteiger partial charge on any atom is 0.255 e. The Balaban J connectivity index is 1.51. The highest BCUT2D eigenvalue weighted by Crippen LogP contribution is 2.42. The molecule has 1 saturated heterocycles. The van der Waals surface area contributed by atoms with Gasteiger partial charge in [0.15, 0.2) is 0 Å². The molecule has 6 heteroatoms. The minimum absolute atomic E-state index is 0.0812. The molecule has 1 aliphatic rings. The first-order valence-corrected chi connectivity index (χ1v) is 10.8. The van der Waals surface area contributed by atoms with Gasteiger partial charge >= 0.3 is 0 Å². The number of carbonyl (C=O) groups excluding carboxylic acids is 2. The van der Waals surface area contributed by atoms with Gasteiger partial charge in [0, 0.05) is 16.9 Å². The van der Waals surface area contributed by atoms with Gasteiger partial charge in [0.05, 0.1) is 5.75 Å². The van der Waals surface area contributed by atoms with Crippen LogP contribution < -0.4 is 10.2 Å². The van der Waals surface area contributed by atoms with Crippen molar-refractivity contribution >= 4 is 35.0 Å². The van der Waals surface area contributed by atoms with Crippen molar-refractivity contribution in [3.05, 3.63) is 95.3 Å². The zero-order valence-corrected chi connectivity index (χ0v) is 17.3. The summed E-state index contributed by atoms with van der Waals surface area (Å²) in [6, 6.07) is 21.1. The minimum atomic E-state index is -0.451. The highest BCUT2D eigenvalue weighted by molar-refractivity contribution is 8.00. The average Bonchev–Trinajstić information content (AvgIpc) is 3.15. The Morgan fingerprint density at radius 2 is 1.83 bits per heavy atom. The number of aryl methyl sites for hydroxylation is 1. The molecule has 0 aliphatic carbocycles. The van der Waals surface area contributed by atoms with E-state index in [1.165, 1.54) is 23.8 Å². The van der Waals surface area contributed by atoms with Crippen molar-refractivity contribution in [3.8, 4) is 0 Å². The van der Waals surface area contributed by atoms with Crippen molar-refractivity contribution in [1.82, 2.24) is 0 Å². The predicted molar refractivity (Wildman–Crippen MR) is 119 cm³/mol. The third-order valence-corrected chi connectivity index (χ3v) is 6.24. The predicted octanol–water partition coefficient (Wildman–Crippen LogP) is 5.42. The van der Waals surface area contributed by atoms with Gasteiger partial charge < -0.3 is 5.32 Å². The Kier molecular flexibility index (Phi) is 5.86. The molecule has 1 atom stereocenters. The molecule has 4 nitrogen and oxygen atoms in total. The van der Waals surface area contributed by atoms with Crippen LogP contribution in [-0.2, 0) is 11.2 Å². The van der Waals surface area contributed by atoms with Gasteiger partial charge in [0.1, 0.15) is 11.2 Å². The molecule has 3 aromatic carbocycles. The lowest BCUT2D eigenvalue weighted by Crippen LogP contribution is -2.27. The number of benzene rings is 3. The molecule has 30 heavy (non-hydrogen) atoms. The van der Waals surface area contributed by atoms with E-state index in [2.05, 4.69) is 12.2 Å². The summed E-state index contributed by atoms with van der Waals surface area (Å²) in [6.45, 7) is 2.10. The molecule has 0 spiro atoms. The number of hydrogen-bond donors (Lipinski definition) is 1. The van der Waals surface area contributed by atoms with Crippen LogP contribution >= 0.6 is 11.8 Å². The van der Waals surface area contributed by atoms with Crippen LogP contribution in [0.5, 0.6) is 0 Å². The second-order valence-corrected chi connectivity index (χ2v) is 8.10. The summed E-state index contributed by atoms with van der Waals surface area (Å²) in [5.74, 6) is -0.311. The first-order chi connectivity index (χ1) is 14.5. The summed E-state index contributed by atoms with van der Waals surface area (Å²) < 4.78 is 13.3. The van der Waals surface area contributed by atoms with Gasteiger partial charge in [-0.3, -0.25) is 14.5 Å². The molecule has 4 rings (SSSR count). The molecule has 3 aromatic rings. The molecule has 0 aromatic heterocycles. The van der Waals surface area contributed by atoms with Crippen molar-refractivity contribution in [2.45, 2.75) is 18.7 Å². The number of amides is 2. The van der Waals surface area contributed by atoms with E-state index in [1.807, 2.05) is 41.3 Å². The van der Waals surface area contributed by atoms with Crippen molar-refractivity contribution in [2.75, 3.05) is 16.0 Å². The maximum absolute atomic E-state index is 13.3. The Hall–Kier alpha value is -3.12. The van der Waals surface area contributed by atoms with E-state index in [0.717, 1.165) is 17.7 Å². The molecule has 2 amide bonds. The third-order valence-electron chi connectivity index (χ3n) is 5.03. The van der Waals surface area contributed by atoms with Crippen LogP contribution in [0.15, 0.2) is 72.8 Å². The van der Waals surface area contributed by atoms with Crippen molar-refractivity contribution < 1.29 is 14.0 Å². The number of hydrogen-bond acceptors (Lipinski definition) is 3. The second kappa shape index (κ2) is 8.71. The molecule has 1 unspecified atom stereocenters. The van der Waals surface area contributed by atoms with Crippen molar-refractivity contribution in [1.29, 1.82) is 0 Å². The van der Waals surface area contributed by atoms with Gasteiger partial charge in [-0.15, -0.1) is 11.8 Å². The standard InChI is InChI=1S/C24H21FN2O2S/c1-2-16-6-12-21(13-7-16)27-22(28)15-30-24(27)17-8-10-20(11-9-17)26-23(29)18-4-3-5-19(25)14-18/h3-14,24H,2,15H2,1H3,(H,26,29). The van der Waals surface area contributed by atoms with E-state index in [0.29, 0.717) is 11.4 Å². The Morgan fingerprint density at radius 3 is 2.50 bits per heavy atom. The van der Waals surface area contributed by atoms with E-state index >= 15 is 0 Å². The van der Waals surface area contributed by atoms with Crippen LogP contribution in [0.1, 0.15) is 33.8 Å². The summed E-state index contributed by atoms with van der Waals surface area (Å²) in [7, 11) is 0. The van der Waals surface area contributed by atoms with Gasteiger partial charge in [-0.05, 0) is 60.0 Å². The summed E-state index contributed by atoms with van der Waals surface area (Å²) in [5.41, 5.74) is 3.97. The second-order valence-electron chi connectivity index (χ2n) is 7.03. The fraction of sp³-hybridized carbons (Fsp3) is 0.167. The Labute approximate surface area is 179 Å². The number of nitrogens with one attached hydrogen (secondary N) is 1. The van der Waals surface area contributed by atoms with Gasteiger partial charge in [-0.25, -0.2) is 4.39 Å². The van der Waals surface area contributed by atoms with Gasteiger partial charge in [-0.1, -0.05) is 37.3 Å². The highest BCUT2D eigenvalue weighted by atomic mass is 32.2. The van der Waals surface area contributed by atoms with Crippen molar-refractivity contribution in [3.63, 3.8) is 0 Å². The van der Waals surface area contributed by atoms with E-state index in [-0.39, 0.29) is 22.8 Å². The van der Waals surface area contributed by atoms with Crippen LogP contribution in [0.4, 0.5) is 15.8 Å². The van der Waals surface area contributed by atoms with E-state index in [9.17, 15) is 14.0 Å². The van der Waals surface area contributed by atoms with E-state index in [4.69, 9.17) is 0 Å². The maximum atomic E-state index is 13.3. The molecule has 1 fully saturated rings. The number of nitrogens with zero attached hydrogens (tertiary/aromatic N) is 1. The quantitative estimate of drug-likeness (QED) is 0.600. The molecule has 1 heterocycles. The lowest BCUT2D eigenvalue weighted by molar-refractivity contribution is -0.115. The fourth-order valence-corrected chi connectivity index (χ4v) is 4.58. The first kappa shape index (κ1) is 20.2. The lowest BCUT2D eigenvalue weighted by Gasteiger charge is -2.24. The fourth-order valence-electron chi connectivity index (χ4n) is 3.41. The zero-order chi connectivity index (χ0) is 21.1. The van der Waals surface area contributed by atoms with Crippen molar-refractivity contribution in [2.24, 2.45) is 0 Å². The Morgan fingerprint density at radius 1 is 1.10 bits per heavy atom. The number of rotatable bonds is 5. The van der Waals surface area contributed by atoms with Crippen LogP contribution in [0.25, 0.3) is 0 Å². The molecule has 152 valence electrons. The largest absolute Gasteiger partial charge is 0.322 e. The van der Waals surface area contributed by atoms with Gasteiger partial charge in [-0.2, -0.15) is 0 Å². The van der Waals surface area contributed by atoms with Gasteiger partial charge in [0.25, 0.3) is 5.91 Å². The molecular weight excluding hydrogens is 399 g/mol.